The topological polar surface area (TPSA) is 66.2 Å². The number of ether oxygens (including phenoxy) is 1. The minimum atomic E-state index is -0.466. The van der Waals surface area contributed by atoms with E-state index in [4.69, 9.17) is 10.00 Å². The highest BCUT2D eigenvalue weighted by Crippen LogP contribution is 2.29. The highest BCUT2D eigenvalue weighted by atomic mass is 16.6. The summed E-state index contributed by atoms with van der Waals surface area (Å²) in [6.45, 7) is 6.93. The molecule has 1 amide bonds. The molecule has 2 aromatic rings. The van der Waals surface area contributed by atoms with Gasteiger partial charge in [0.1, 0.15) is 5.60 Å². The van der Waals surface area contributed by atoms with Gasteiger partial charge in [0.15, 0.2) is 0 Å². The van der Waals surface area contributed by atoms with Gasteiger partial charge in [-0.2, -0.15) is 5.26 Å². The van der Waals surface area contributed by atoms with E-state index in [1.54, 1.807) is 17.0 Å². The Morgan fingerprint density at radius 2 is 1.88 bits per heavy atom. The van der Waals surface area contributed by atoms with Gasteiger partial charge in [-0.15, -0.1) is 0 Å². The zero-order chi connectivity index (χ0) is 18.0. The predicted molar refractivity (Wildman–Crippen MR) is 94.9 cm³/mol. The molecule has 2 heterocycles. The third-order valence-electron chi connectivity index (χ3n) is 4.10. The minimum absolute atomic E-state index is 0.258. The van der Waals surface area contributed by atoms with Crippen LogP contribution in [0, 0.1) is 11.3 Å². The lowest BCUT2D eigenvalue weighted by Crippen LogP contribution is -2.50. The van der Waals surface area contributed by atoms with Gasteiger partial charge in [0, 0.05) is 30.8 Å². The fourth-order valence-corrected chi connectivity index (χ4v) is 2.70. The van der Waals surface area contributed by atoms with Gasteiger partial charge < -0.3 is 9.64 Å². The molecule has 0 N–H and O–H groups in total. The number of carbonyl (C=O) groups excluding carboxylic acids is 1. The van der Waals surface area contributed by atoms with E-state index in [2.05, 4.69) is 17.1 Å². The molecule has 0 bridgehead atoms. The summed E-state index contributed by atoms with van der Waals surface area (Å²) < 4.78 is 5.37. The third-order valence-corrected chi connectivity index (χ3v) is 4.10. The van der Waals surface area contributed by atoms with Gasteiger partial charge >= 0.3 is 6.09 Å². The van der Waals surface area contributed by atoms with Crippen LogP contribution in [0.25, 0.3) is 11.3 Å². The van der Waals surface area contributed by atoms with Gasteiger partial charge in [-0.25, -0.2) is 4.79 Å². The Morgan fingerprint density at radius 3 is 2.40 bits per heavy atom. The first kappa shape index (κ1) is 17.0. The second-order valence-electron chi connectivity index (χ2n) is 7.25. The molecule has 1 aliphatic heterocycles. The fourth-order valence-electron chi connectivity index (χ4n) is 2.70. The molecule has 1 saturated heterocycles. The Hall–Kier alpha value is -2.87. The van der Waals surface area contributed by atoms with Gasteiger partial charge in [-0.1, -0.05) is 18.2 Å². The van der Waals surface area contributed by atoms with Gasteiger partial charge in [0.05, 0.1) is 17.3 Å². The van der Waals surface area contributed by atoms with Crippen molar-refractivity contribution in [1.82, 2.24) is 9.88 Å². The van der Waals surface area contributed by atoms with Crippen LogP contribution in [-0.4, -0.2) is 34.7 Å². The molecule has 128 valence electrons. The van der Waals surface area contributed by atoms with Crippen molar-refractivity contribution in [1.29, 1.82) is 5.26 Å². The Labute approximate surface area is 147 Å². The summed E-state index contributed by atoms with van der Waals surface area (Å²) in [4.78, 5) is 18.2. The van der Waals surface area contributed by atoms with Crippen molar-refractivity contribution >= 4 is 6.09 Å². The number of hydrogen-bond donors (Lipinski definition) is 0. The average Bonchev–Trinajstić information content (AvgIpc) is 2.52. The normalized spacial score (nSPS) is 14.6. The van der Waals surface area contributed by atoms with Crippen molar-refractivity contribution in [2.24, 2.45) is 0 Å². The standard InChI is InChI=1S/C20H21N3O2/c1-20(2,3)25-19(24)23-12-17(13-23)16-8-9-18(22-11-16)15-6-4-14(10-21)5-7-15/h4-9,11,17H,12-13H2,1-3H3. The van der Waals surface area contributed by atoms with Crippen LogP contribution in [0.15, 0.2) is 42.6 Å². The van der Waals surface area contributed by atoms with Crippen LogP contribution in [0.1, 0.15) is 37.8 Å². The van der Waals surface area contributed by atoms with E-state index in [9.17, 15) is 4.79 Å². The zero-order valence-corrected chi connectivity index (χ0v) is 14.7. The second-order valence-corrected chi connectivity index (χ2v) is 7.25. The second kappa shape index (κ2) is 6.56. The molecule has 5 heteroatoms. The van der Waals surface area contributed by atoms with Crippen molar-refractivity contribution in [3.63, 3.8) is 0 Å². The van der Waals surface area contributed by atoms with Crippen molar-refractivity contribution in [3.8, 4) is 17.3 Å². The minimum Gasteiger partial charge on any atom is -0.444 e. The Balaban J connectivity index is 1.61. The van der Waals surface area contributed by atoms with Gasteiger partial charge in [0.25, 0.3) is 0 Å². The number of hydrogen-bond acceptors (Lipinski definition) is 4. The molecule has 0 unspecified atom stereocenters. The van der Waals surface area contributed by atoms with Crippen LogP contribution in [0.4, 0.5) is 4.79 Å². The first-order chi connectivity index (χ1) is 11.9. The average molecular weight is 335 g/mol. The summed E-state index contributed by atoms with van der Waals surface area (Å²) in [5.74, 6) is 0.301. The molecule has 1 aliphatic rings. The highest BCUT2D eigenvalue weighted by Gasteiger charge is 2.34. The van der Waals surface area contributed by atoms with Gasteiger partial charge in [0.2, 0.25) is 0 Å². The van der Waals surface area contributed by atoms with Crippen molar-refractivity contribution < 1.29 is 9.53 Å². The van der Waals surface area contributed by atoms with Crippen molar-refractivity contribution in [2.75, 3.05) is 13.1 Å². The van der Waals surface area contributed by atoms with Crippen LogP contribution in [0.3, 0.4) is 0 Å². The number of amides is 1. The molecule has 0 saturated carbocycles. The molecular formula is C20H21N3O2. The number of rotatable bonds is 2. The molecule has 1 fully saturated rings. The maximum absolute atomic E-state index is 12.0. The molecule has 3 rings (SSSR count). The lowest BCUT2D eigenvalue weighted by Gasteiger charge is -2.39. The molecular weight excluding hydrogens is 314 g/mol. The largest absolute Gasteiger partial charge is 0.444 e. The van der Waals surface area contributed by atoms with Crippen molar-refractivity contribution in [3.05, 3.63) is 53.7 Å². The number of carbonyl (C=O) groups is 1. The van der Waals surface area contributed by atoms with E-state index >= 15 is 0 Å². The number of nitriles is 1. The molecule has 0 radical (unpaired) electrons. The summed E-state index contributed by atoms with van der Waals surface area (Å²) in [6, 6.07) is 13.5. The van der Waals surface area contributed by atoms with E-state index in [0.29, 0.717) is 24.6 Å². The summed E-state index contributed by atoms with van der Waals surface area (Å²) >= 11 is 0. The van der Waals surface area contributed by atoms with E-state index in [0.717, 1.165) is 16.8 Å². The smallest absolute Gasteiger partial charge is 0.410 e. The maximum atomic E-state index is 12.0. The van der Waals surface area contributed by atoms with E-state index in [-0.39, 0.29) is 6.09 Å². The van der Waals surface area contributed by atoms with Crippen LogP contribution >= 0.6 is 0 Å². The SMILES string of the molecule is CC(C)(C)OC(=O)N1CC(c2ccc(-c3ccc(C#N)cc3)nc2)C1. The quantitative estimate of drug-likeness (QED) is 0.833. The fraction of sp³-hybridized carbons (Fsp3) is 0.350. The maximum Gasteiger partial charge on any atom is 0.410 e. The van der Waals surface area contributed by atoms with Crippen LogP contribution in [0.2, 0.25) is 0 Å². The highest BCUT2D eigenvalue weighted by molar-refractivity contribution is 5.69. The summed E-state index contributed by atoms with van der Waals surface area (Å²) in [5.41, 5.74) is 3.15. The molecule has 1 aromatic carbocycles. The summed E-state index contributed by atoms with van der Waals surface area (Å²) in [5, 5.41) is 8.85. The molecule has 0 spiro atoms. The lowest BCUT2D eigenvalue weighted by molar-refractivity contribution is 0.00817. The Bertz CT molecular complexity index is 793. The molecule has 25 heavy (non-hydrogen) atoms. The molecule has 5 nitrogen and oxygen atoms in total. The number of pyridine rings is 1. The van der Waals surface area contributed by atoms with Gasteiger partial charge in [-0.05, 0) is 44.5 Å². The molecule has 0 atom stereocenters. The number of aromatic nitrogens is 1. The Kier molecular flexibility index (Phi) is 4.45. The van der Waals surface area contributed by atoms with Gasteiger partial charge in [-0.3, -0.25) is 4.98 Å². The third kappa shape index (κ3) is 3.97. The summed E-state index contributed by atoms with van der Waals surface area (Å²) in [6.07, 6.45) is 1.61. The Morgan fingerprint density at radius 1 is 1.20 bits per heavy atom. The van der Waals surface area contributed by atoms with Crippen LogP contribution in [-0.2, 0) is 4.74 Å². The number of benzene rings is 1. The lowest BCUT2D eigenvalue weighted by atomic mass is 9.93. The monoisotopic (exact) mass is 335 g/mol. The predicted octanol–water partition coefficient (Wildman–Crippen LogP) is 3.95. The van der Waals surface area contributed by atoms with E-state index in [1.807, 2.05) is 45.2 Å². The number of nitrogens with zero attached hydrogens (tertiary/aromatic N) is 3. The van der Waals surface area contributed by atoms with Crippen LogP contribution in [0.5, 0.6) is 0 Å². The van der Waals surface area contributed by atoms with Crippen LogP contribution < -0.4 is 0 Å². The van der Waals surface area contributed by atoms with Crippen molar-refractivity contribution in [2.45, 2.75) is 32.3 Å². The first-order valence-electron chi connectivity index (χ1n) is 8.30. The molecule has 0 aliphatic carbocycles. The first-order valence-corrected chi connectivity index (χ1v) is 8.30. The van der Waals surface area contributed by atoms with E-state index < -0.39 is 5.60 Å². The summed E-state index contributed by atoms with van der Waals surface area (Å²) in [7, 11) is 0. The molecule has 1 aromatic heterocycles. The zero-order valence-electron chi connectivity index (χ0n) is 14.7. The number of likely N-dealkylation sites (tertiary alicyclic amines) is 1. The van der Waals surface area contributed by atoms with E-state index in [1.165, 1.54) is 0 Å².